The lowest BCUT2D eigenvalue weighted by atomic mass is 9.99. The number of hydrogen-bond acceptors (Lipinski definition) is 7. The lowest BCUT2D eigenvalue weighted by molar-refractivity contribution is -0.277. The highest BCUT2D eigenvalue weighted by Gasteiger charge is 2.44. The predicted octanol–water partition coefficient (Wildman–Crippen LogP) is -0.108. The standard InChI is InChI=1S/C20H23NO7/c1-21-19(26)12-6-4-5-11(9-12)13-7-2-3-8-14(13)27-20-18(25)17(24)16(23)15(10-22)28-20/h2-9,15-18,20,22-25H,10H2,1H3,(H,21,26). The van der Waals surface area contributed by atoms with Gasteiger partial charge in [-0.05, 0) is 23.8 Å². The van der Waals surface area contributed by atoms with Crippen LogP contribution in [-0.4, -0.2) is 70.7 Å². The van der Waals surface area contributed by atoms with Crippen LogP contribution in [0.2, 0.25) is 0 Å². The van der Waals surface area contributed by atoms with Crippen molar-refractivity contribution in [3.05, 3.63) is 54.1 Å². The van der Waals surface area contributed by atoms with Gasteiger partial charge in [-0.15, -0.1) is 0 Å². The zero-order chi connectivity index (χ0) is 20.3. The number of amides is 1. The normalized spacial score (nSPS) is 27.2. The van der Waals surface area contributed by atoms with E-state index in [2.05, 4.69) is 5.32 Å². The molecule has 0 aliphatic carbocycles. The molecule has 1 amide bonds. The molecule has 1 fully saturated rings. The molecule has 1 aliphatic rings. The number of hydrogen-bond donors (Lipinski definition) is 5. The van der Waals surface area contributed by atoms with E-state index in [0.717, 1.165) is 0 Å². The molecule has 0 bridgehead atoms. The molecule has 0 spiro atoms. The molecule has 5 N–H and O–H groups in total. The first kappa shape index (κ1) is 20.2. The van der Waals surface area contributed by atoms with Gasteiger partial charge >= 0.3 is 0 Å². The van der Waals surface area contributed by atoms with Crippen LogP contribution in [0.25, 0.3) is 11.1 Å². The van der Waals surface area contributed by atoms with Gasteiger partial charge in [-0.1, -0.05) is 30.3 Å². The van der Waals surface area contributed by atoms with Gasteiger partial charge in [-0.3, -0.25) is 4.79 Å². The van der Waals surface area contributed by atoms with E-state index < -0.39 is 37.3 Å². The van der Waals surface area contributed by atoms with Crippen molar-refractivity contribution in [3.8, 4) is 16.9 Å². The number of para-hydroxylation sites is 1. The number of aliphatic hydroxyl groups is 4. The summed E-state index contributed by atoms with van der Waals surface area (Å²) in [4.78, 5) is 11.9. The van der Waals surface area contributed by atoms with E-state index in [4.69, 9.17) is 9.47 Å². The Morgan fingerprint density at radius 2 is 1.82 bits per heavy atom. The Balaban J connectivity index is 1.90. The van der Waals surface area contributed by atoms with E-state index in [-0.39, 0.29) is 5.91 Å². The Labute approximate surface area is 162 Å². The highest BCUT2D eigenvalue weighted by atomic mass is 16.7. The van der Waals surface area contributed by atoms with Crippen molar-refractivity contribution in [2.45, 2.75) is 30.7 Å². The SMILES string of the molecule is CNC(=O)c1cccc(-c2ccccc2OC2OC(CO)C(O)C(O)C2O)c1. The monoisotopic (exact) mass is 389 g/mol. The van der Waals surface area contributed by atoms with E-state index in [1.54, 1.807) is 49.5 Å². The van der Waals surface area contributed by atoms with E-state index in [9.17, 15) is 25.2 Å². The smallest absolute Gasteiger partial charge is 0.251 e. The molecule has 5 unspecified atom stereocenters. The lowest BCUT2D eigenvalue weighted by Crippen LogP contribution is -2.60. The van der Waals surface area contributed by atoms with Crippen LogP contribution in [0.1, 0.15) is 10.4 Å². The minimum Gasteiger partial charge on any atom is -0.461 e. The molecular weight excluding hydrogens is 366 g/mol. The van der Waals surface area contributed by atoms with Gasteiger partial charge in [0, 0.05) is 18.2 Å². The summed E-state index contributed by atoms with van der Waals surface area (Å²) in [5.41, 5.74) is 1.83. The van der Waals surface area contributed by atoms with Gasteiger partial charge in [-0.2, -0.15) is 0 Å². The average Bonchev–Trinajstić information content (AvgIpc) is 2.74. The molecule has 5 atom stereocenters. The van der Waals surface area contributed by atoms with Crippen LogP contribution in [0.4, 0.5) is 0 Å². The van der Waals surface area contributed by atoms with Crippen molar-refractivity contribution in [3.63, 3.8) is 0 Å². The van der Waals surface area contributed by atoms with Crippen molar-refractivity contribution in [2.24, 2.45) is 0 Å². The van der Waals surface area contributed by atoms with Gasteiger partial charge < -0.3 is 35.2 Å². The molecule has 1 aliphatic heterocycles. The van der Waals surface area contributed by atoms with Crippen molar-refractivity contribution < 1.29 is 34.7 Å². The van der Waals surface area contributed by atoms with Crippen LogP contribution >= 0.6 is 0 Å². The maximum atomic E-state index is 11.9. The second-order valence-corrected chi connectivity index (χ2v) is 6.47. The van der Waals surface area contributed by atoms with Crippen LogP contribution in [0.15, 0.2) is 48.5 Å². The molecule has 2 aromatic carbocycles. The minimum absolute atomic E-state index is 0.228. The summed E-state index contributed by atoms with van der Waals surface area (Å²) in [5, 5.41) is 41.9. The van der Waals surface area contributed by atoms with Gasteiger partial charge in [0.2, 0.25) is 6.29 Å². The number of ether oxygens (including phenoxy) is 2. The highest BCUT2D eigenvalue weighted by Crippen LogP contribution is 2.33. The van der Waals surface area contributed by atoms with Gasteiger partial charge in [0.1, 0.15) is 30.2 Å². The van der Waals surface area contributed by atoms with Crippen LogP contribution in [0.5, 0.6) is 5.75 Å². The Kier molecular flexibility index (Phi) is 6.28. The lowest BCUT2D eigenvalue weighted by Gasteiger charge is -2.39. The summed E-state index contributed by atoms with van der Waals surface area (Å²) in [6, 6.07) is 13.9. The second kappa shape index (κ2) is 8.68. The summed E-state index contributed by atoms with van der Waals surface area (Å²) in [5.74, 6) is 0.120. The molecule has 1 heterocycles. The predicted molar refractivity (Wildman–Crippen MR) is 99.7 cm³/mol. The van der Waals surface area contributed by atoms with E-state index in [1.165, 1.54) is 0 Å². The Bertz CT molecular complexity index is 826. The van der Waals surface area contributed by atoms with Crippen molar-refractivity contribution in [1.29, 1.82) is 0 Å². The number of carbonyl (C=O) groups is 1. The van der Waals surface area contributed by atoms with Crippen LogP contribution in [0.3, 0.4) is 0 Å². The van der Waals surface area contributed by atoms with Crippen LogP contribution in [0, 0.1) is 0 Å². The number of rotatable bonds is 5. The maximum Gasteiger partial charge on any atom is 0.251 e. The van der Waals surface area contributed by atoms with Gasteiger partial charge in [0.25, 0.3) is 5.91 Å². The van der Waals surface area contributed by atoms with Crippen molar-refractivity contribution in [1.82, 2.24) is 5.32 Å². The third-order valence-corrected chi connectivity index (χ3v) is 4.64. The minimum atomic E-state index is -1.53. The fourth-order valence-electron chi connectivity index (χ4n) is 3.07. The largest absolute Gasteiger partial charge is 0.461 e. The number of benzene rings is 2. The summed E-state index contributed by atoms with van der Waals surface area (Å²) in [7, 11) is 1.55. The molecule has 0 saturated carbocycles. The van der Waals surface area contributed by atoms with Gasteiger partial charge in [0.05, 0.1) is 6.61 Å². The first-order valence-corrected chi connectivity index (χ1v) is 8.85. The number of carbonyl (C=O) groups excluding carboxylic acids is 1. The van der Waals surface area contributed by atoms with E-state index in [1.807, 2.05) is 6.07 Å². The molecule has 1 saturated heterocycles. The molecule has 0 radical (unpaired) electrons. The number of aliphatic hydroxyl groups excluding tert-OH is 4. The fraction of sp³-hybridized carbons (Fsp3) is 0.350. The molecule has 150 valence electrons. The molecule has 8 heteroatoms. The Morgan fingerprint density at radius 1 is 1.07 bits per heavy atom. The topological polar surface area (TPSA) is 128 Å². The molecule has 8 nitrogen and oxygen atoms in total. The first-order valence-electron chi connectivity index (χ1n) is 8.85. The molecule has 2 aromatic rings. The Hall–Kier alpha value is -2.49. The average molecular weight is 389 g/mol. The van der Waals surface area contributed by atoms with E-state index >= 15 is 0 Å². The third-order valence-electron chi connectivity index (χ3n) is 4.64. The first-order chi connectivity index (χ1) is 13.5. The number of nitrogens with one attached hydrogen (secondary N) is 1. The van der Waals surface area contributed by atoms with E-state index in [0.29, 0.717) is 22.4 Å². The highest BCUT2D eigenvalue weighted by molar-refractivity contribution is 5.95. The van der Waals surface area contributed by atoms with Crippen molar-refractivity contribution in [2.75, 3.05) is 13.7 Å². The molecular formula is C20H23NO7. The third kappa shape index (κ3) is 4.01. The summed E-state index contributed by atoms with van der Waals surface area (Å²) in [6.07, 6.45) is -6.85. The quantitative estimate of drug-likeness (QED) is 0.483. The zero-order valence-electron chi connectivity index (χ0n) is 15.2. The fourth-order valence-corrected chi connectivity index (χ4v) is 3.07. The maximum absolute atomic E-state index is 11.9. The second-order valence-electron chi connectivity index (χ2n) is 6.47. The van der Waals surface area contributed by atoms with Gasteiger partial charge in [-0.25, -0.2) is 0 Å². The van der Waals surface area contributed by atoms with Crippen molar-refractivity contribution >= 4 is 5.91 Å². The Morgan fingerprint density at radius 3 is 2.54 bits per heavy atom. The summed E-state index contributed by atoms with van der Waals surface area (Å²) >= 11 is 0. The van der Waals surface area contributed by atoms with Gasteiger partial charge in [0.15, 0.2) is 0 Å². The molecule has 0 aromatic heterocycles. The summed E-state index contributed by atoms with van der Waals surface area (Å²) < 4.78 is 11.2. The van der Waals surface area contributed by atoms with Crippen LogP contribution in [-0.2, 0) is 4.74 Å². The summed E-state index contributed by atoms with van der Waals surface area (Å²) in [6.45, 7) is -0.541. The van der Waals surface area contributed by atoms with Crippen LogP contribution < -0.4 is 10.1 Å². The molecule has 3 rings (SSSR count). The zero-order valence-corrected chi connectivity index (χ0v) is 15.2. The molecule has 28 heavy (non-hydrogen) atoms.